The Balaban J connectivity index is 1.46. The fourth-order valence-electron chi connectivity index (χ4n) is 2.89. The van der Waals surface area contributed by atoms with E-state index in [0.717, 1.165) is 30.8 Å². The van der Waals surface area contributed by atoms with Gasteiger partial charge in [0.15, 0.2) is 5.16 Å². The maximum Gasteiger partial charge on any atom is 0.267 e. The fraction of sp³-hybridized carbons (Fsp3) is 0.471. The van der Waals surface area contributed by atoms with Crippen LogP contribution in [0.1, 0.15) is 31.4 Å². The smallest absolute Gasteiger partial charge is 0.267 e. The van der Waals surface area contributed by atoms with Crippen LogP contribution in [0.3, 0.4) is 0 Å². The second-order valence-electron chi connectivity index (χ2n) is 6.16. The second kappa shape index (κ2) is 8.24. The van der Waals surface area contributed by atoms with Crippen molar-refractivity contribution >= 4 is 17.7 Å². The molecule has 0 bridgehead atoms. The van der Waals surface area contributed by atoms with Crippen molar-refractivity contribution in [2.45, 2.75) is 55.6 Å². The molecule has 0 saturated heterocycles. The van der Waals surface area contributed by atoms with E-state index in [4.69, 9.17) is 0 Å². The molecule has 0 spiro atoms. The summed E-state index contributed by atoms with van der Waals surface area (Å²) in [6.45, 7) is 1.76. The first-order valence-electron chi connectivity index (χ1n) is 8.38. The highest BCUT2D eigenvalue weighted by Gasteiger charge is 2.24. The van der Waals surface area contributed by atoms with E-state index < -0.39 is 0 Å². The van der Waals surface area contributed by atoms with Crippen molar-refractivity contribution in [3.05, 3.63) is 46.6 Å². The van der Waals surface area contributed by atoms with Crippen LogP contribution in [-0.2, 0) is 11.3 Å². The van der Waals surface area contributed by atoms with Crippen LogP contribution < -0.4 is 10.9 Å². The summed E-state index contributed by atoms with van der Waals surface area (Å²) in [4.78, 5) is 32.4. The number of amides is 1. The zero-order valence-corrected chi connectivity index (χ0v) is 14.9. The molecule has 1 N–H and O–H groups in total. The van der Waals surface area contributed by atoms with Gasteiger partial charge >= 0.3 is 0 Å². The van der Waals surface area contributed by atoms with Gasteiger partial charge in [-0.3, -0.25) is 9.59 Å². The topological polar surface area (TPSA) is 89.8 Å². The number of carbonyl (C=O) groups is 1. The zero-order chi connectivity index (χ0) is 17.6. The van der Waals surface area contributed by atoms with Crippen molar-refractivity contribution in [2.24, 2.45) is 0 Å². The highest BCUT2D eigenvalue weighted by Crippen LogP contribution is 2.31. The summed E-state index contributed by atoms with van der Waals surface area (Å²) in [7, 11) is 0. The minimum Gasteiger partial charge on any atom is -0.352 e. The van der Waals surface area contributed by atoms with Gasteiger partial charge in [-0.1, -0.05) is 11.8 Å². The molecule has 1 aliphatic rings. The SMILES string of the molecule is Cc1ccc(=O)n(CC(=O)NC2CCC(Sc3ncccn3)CC2)n1. The molecule has 25 heavy (non-hydrogen) atoms. The van der Waals surface area contributed by atoms with Gasteiger partial charge in [-0.15, -0.1) is 0 Å². The monoisotopic (exact) mass is 359 g/mol. The molecule has 0 radical (unpaired) electrons. The largest absolute Gasteiger partial charge is 0.352 e. The van der Waals surface area contributed by atoms with Gasteiger partial charge in [0.25, 0.3) is 5.56 Å². The number of nitrogens with zero attached hydrogens (tertiary/aromatic N) is 4. The Labute approximate surface area is 150 Å². The summed E-state index contributed by atoms with van der Waals surface area (Å²) in [6, 6.07) is 5.04. The van der Waals surface area contributed by atoms with Crippen LogP contribution in [0.25, 0.3) is 0 Å². The van der Waals surface area contributed by atoms with Crippen molar-refractivity contribution < 1.29 is 4.79 Å². The van der Waals surface area contributed by atoms with Gasteiger partial charge in [0.1, 0.15) is 6.54 Å². The lowest BCUT2D eigenvalue weighted by atomic mass is 9.95. The van der Waals surface area contributed by atoms with Crippen LogP contribution in [0.15, 0.2) is 40.5 Å². The van der Waals surface area contributed by atoms with E-state index in [9.17, 15) is 9.59 Å². The molecular formula is C17H21N5O2S. The highest BCUT2D eigenvalue weighted by atomic mass is 32.2. The zero-order valence-electron chi connectivity index (χ0n) is 14.1. The Bertz CT molecular complexity index is 772. The molecule has 3 rings (SSSR count). The van der Waals surface area contributed by atoms with Crippen molar-refractivity contribution in [1.82, 2.24) is 25.1 Å². The van der Waals surface area contributed by atoms with E-state index in [1.165, 1.54) is 10.7 Å². The average molecular weight is 359 g/mol. The average Bonchev–Trinajstić information content (AvgIpc) is 2.61. The Hall–Kier alpha value is -2.22. The normalized spacial score (nSPS) is 20.2. The Kier molecular flexibility index (Phi) is 5.80. The molecule has 1 saturated carbocycles. The molecule has 0 aromatic carbocycles. The number of hydrogen-bond acceptors (Lipinski definition) is 6. The summed E-state index contributed by atoms with van der Waals surface area (Å²) in [6.07, 6.45) is 7.37. The molecule has 1 amide bonds. The van der Waals surface area contributed by atoms with E-state index in [-0.39, 0.29) is 24.1 Å². The van der Waals surface area contributed by atoms with Gasteiger partial charge in [0.05, 0.1) is 5.69 Å². The quantitative estimate of drug-likeness (QED) is 0.815. The third kappa shape index (κ3) is 5.12. The van der Waals surface area contributed by atoms with Gasteiger partial charge in [-0.05, 0) is 44.7 Å². The maximum atomic E-state index is 12.2. The van der Waals surface area contributed by atoms with Crippen molar-refractivity contribution in [2.75, 3.05) is 0 Å². The molecule has 132 valence electrons. The Morgan fingerprint density at radius 1 is 1.24 bits per heavy atom. The van der Waals surface area contributed by atoms with E-state index in [2.05, 4.69) is 20.4 Å². The van der Waals surface area contributed by atoms with Crippen LogP contribution in [-0.4, -0.2) is 36.9 Å². The molecule has 7 nitrogen and oxygen atoms in total. The summed E-state index contributed by atoms with van der Waals surface area (Å²) < 4.78 is 1.21. The number of aryl methyl sites for hydroxylation is 1. The number of carbonyl (C=O) groups excluding carboxylic acids is 1. The molecule has 0 aliphatic heterocycles. The number of nitrogens with one attached hydrogen (secondary N) is 1. The van der Waals surface area contributed by atoms with Crippen LogP contribution in [0.4, 0.5) is 0 Å². The Morgan fingerprint density at radius 3 is 2.68 bits per heavy atom. The number of hydrogen-bond donors (Lipinski definition) is 1. The first-order valence-corrected chi connectivity index (χ1v) is 9.26. The van der Waals surface area contributed by atoms with E-state index in [1.54, 1.807) is 37.1 Å². The van der Waals surface area contributed by atoms with E-state index >= 15 is 0 Å². The molecule has 2 aromatic rings. The van der Waals surface area contributed by atoms with E-state index in [0.29, 0.717) is 10.9 Å². The lowest BCUT2D eigenvalue weighted by Gasteiger charge is -2.28. The van der Waals surface area contributed by atoms with Gasteiger partial charge < -0.3 is 5.32 Å². The summed E-state index contributed by atoms with van der Waals surface area (Å²) in [5.41, 5.74) is 0.455. The molecule has 0 unspecified atom stereocenters. The van der Waals surface area contributed by atoms with Crippen LogP contribution in [0, 0.1) is 6.92 Å². The van der Waals surface area contributed by atoms with E-state index in [1.807, 2.05) is 6.07 Å². The highest BCUT2D eigenvalue weighted by molar-refractivity contribution is 7.99. The minimum absolute atomic E-state index is 0.0347. The molecule has 2 heterocycles. The summed E-state index contributed by atoms with van der Waals surface area (Å²) in [5.74, 6) is -0.164. The maximum absolute atomic E-state index is 12.2. The number of aromatic nitrogens is 4. The lowest BCUT2D eigenvalue weighted by molar-refractivity contribution is -0.122. The summed E-state index contributed by atoms with van der Waals surface area (Å²) >= 11 is 1.70. The Morgan fingerprint density at radius 2 is 1.96 bits per heavy atom. The van der Waals surface area contributed by atoms with Gasteiger partial charge in [0.2, 0.25) is 5.91 Å². The molecule has 1 fully saturated rings. The predicted octanol–water partition coefficient (Wildman–Crippen LogP) is 1.56. The molecule has 2 aromatic heterocycles. The standard InChI is InChI=1S/C17H21N5O2S/c1-12-3-8-16(24)22(21-12)11-15(23)20-13-4-6-14(7-5-13)25-17-18-9-2-10-19-17/h2-3,8-10,13-14H,4-7,11H2,1H3,(H,20,23). The van der Waals surface area contributed by atoms with Crippen molar-refractivity contribution in [3.8, 4) is 0 Å². The number of rotatable bonds is 5. The lowest BCUT2D eigenvalue weighted by Crippen LogP contribution is -2.41. The molecule has 8 heteroatoms. The molecular weight excluding hydrogens is 338 g/mol. The van der Waals surface area contributed by atoms with Crippen LogP contribution in [0.5, 0.6) is 0 Å². The molecule has 0 atom stereocenters. The summed E-state index contributed by atoms with van der Waals surface area (Å²) in [5, 5.41) is 8.40. The van der Waals surface area contributed by atoms with Gasteiger partial charge in [-0.25, -0.2) is 14.6 Å². The minimum atomic E-state index is -0.260. The van der Waals surface area contributed by atoms with Gasteiger partial charge in [-0.2, -0.15) is 5.10 Å². The molecule has 1 aliphatic carbocycles. The first-order chi connectivity index (χ1) is 12.1. The van der Waals surface area contributed by atoms with Crippen LogP contribution in [0.2, 0.25) is 0 Å². The van der Waals surface area contributed by atoms with Crippen LogP contribution >= 0.6 is 11.8 Å². The first kappa shape index (κ1) is 17.6. The fourth-order valence-corrected chi connectivity index (χ4v) is 3.94. The van der Waals surface area contributed by atoms with Gasteiger partial charge in [0, 0.05) is 29.8 Å². The van der Waals surface area contributed by atoms with Crippen molar-refractivity contribution in [3.63, 3.8) is 0 Å². The predicted molar refractivity (Wildman–Crippen MR) is 95.3 cm³/mol. The van der Waals surface area contributed by atoms with Crippen molar-refractivity contribution in [1.29, 1.82) is 0 Å². The third-order valence-electron chi connectivity index (χ3n) is 4.15. The number of thioether (sulfide) groups is 1. The second-order valence-corrected chi connectivity index (χ2v) is 7.43. The third-order valence-corrected chi connectivity index (χ3v) is 5.37.